The lowest BCUT2D eigenvalue weighted by Gasteiger charge is -2.38. The van der Waals surface area contributed by atoms with Crippen molar-refractivity contribution in [3.05, 3.63) is 86.9 Å². The van der Waals surface area contributed by atoms with Crippen molar-refractivity contribution in [2.45, 2.75) is 64.3 Å². The average Bonchev–Trinajstić information content (AvgIpc) is 3.37. The molecule has 6 rings (SSSR count). The molecule has 0 atom stereocenters. The van der Waals surface area contributed by atoms with Crippen LogP contribution in [-0.2, 0) is 14.2 Å². The van der Waals surface area contributed by atoms with Gasteiger partial charge in [-0.05, 0) is 70.9 Å². The van der Waals surface area contributed by atoms with E-state index in [9.17, 15) is 14.7 Å². The van der Waals surface area contributed by atoms with Crippen LogP contribution in [0.25, 0.3) is 5.57 Å². The van der Waals surface area contributed by atoms with E-state index in [2.05, 4.69) is 0 Å². The van der Waals surface area contributed by atoms with Gasteiger partial charge in [-0.15, -0.1) is 11.6 Å². The second kappa shape index (κ2) is 17.8. The highest BCUT2D eigenvalue weighted by Gasteiger charge is 2.43. The van der Waals surface area contributed by atoms with E-state index in [0.717, 1.165) is 62.1 Å². The molecule has 4 aliphatic rings. The molecule has 0 amide bonds. The van der Waals surface area contributed by atoms with Crippen LogP contribution in [0.2, 0.25) is 13.1 Å². The number of carboxylic acids is 1. The van der Waals surface area contributed by atoms with E-state index in [0.29, 0.717) is 12.5 Å². The number of unbranched alkanes of at least 4 members (excludes halogenated alkanes) is 3. The maximum Gasteiger partial charge on any atom is 0.344 e. The number of esters is 1. The number of carboxylic acid groups (broad SMARTS) is 1. The van der Waals surface area contributed by atoms with Crippen molar-refractivity contribution >= 4 is 53.8 Å². The maximum atomic E-state index is 17.4. The summed E-state index contributed by atoms with van der Waals surface area (Å²) in [6, 6.07) is 3.09. The second-order valence-electron chi connectivity index (χ2n) is 12.9. The number of ether oxygens (including phenoxy) is 3. The number of allylic oxidation sites excluding steroid dienone is 5. The highest BCUT2D eigenvalue weighted by Crippen LogP contribution is 2.45. The minimum absolute atomic E-state index is 0.0292. The molecule has 0 N–H and O–H groups in total. The molecular weight excluding hydrogens is 737 g/mol. The zero-order valence-electron chi connectivity index (χ0n) is 45.4. The molecule has 0 radical (unpaired) electrons. The zero-order chi connectivity index (χ0) is 52.7. The third-order valence-electron chi connectivity index (χ3n) is 9.19. The molecule has 0 saturated carbocycles. The normalized spacial score (nSPS) is 29.4. The summed E-state index contributed by atoms with van der Waals surface area (Å²) in [6.45, 7) is -11.0. The van der Waals surface area contributed by atoms with E-state index < -0.39 is 129 Å². The van der Waals surface area contributed by atoms with E-state index in [1.165, 1.54) is 0 Å². The van der Waals surface area contributed by atoms with E-state index in [1.54, 1.807) is 13.1 Å². The van der Waals surface area contributed by atoms with Gasteiger partial charge in [-0.2, -0.15) is 0 Å². The van der Waals surface area contributed by atoms with E-state index in [4.69, 9.17) is 47.7 Å². The fourth-order valence-corrected chi connectivity index (χ4v) is 9.79. The van der Waals surface area contributed by atoms with Gasteiger partial charge in [0, 0.05) is 83.6 Å². The van der Waals surface area contributed by atoms with Crippen LogP contribution in [0.1, 0.15) is 105 Å². The van der Waals surface area contributed by atoms with Crippen molar-refractivity contribution in [2.24, 2.45) is 0 Å². The molecule has 0 unspecified atom stereocenters. The Bertz CT molecular complexity index is 2570. The van der Waals surface area contributed by atoms with Crippen LogP contribution < -0.4 is 15.2 Å². The predicted octanol–water partition coefficient (Wildman–Crippen LogP) is 6.07. The minimum atomic E-state index is -3.78. The van der Waals surface area contributed by atoms with Crippen molar-refractivity contribution < 1.29 is 68.6 Å². The van der Waals surface area contributed by atoms with E-state index >= 15 is 13.2 Å². The van der Waals surface area contributed by atoms with Gasteiger partial charge in [0.2, 0.25) is 0 Å². The highest BCUT2D eigenvalue weighted by atomic mass is 35.5. The van der Waals surface area contributed by atoms with Gasteiger partial charge < -0.3 is 29.0 Å². The van der Waals surface area contributed by atoms with Crippen molar-refractivity contribution in [2.75, 3.05) is 69.8 Å². The van der Waals surface area contributed by atoms with E-state index in [1.807, 2.05) is 0 Å². The fraction of sp³-hybridized carbons (Fsp3) is 0.488. The van der Waals surface area contributed by atoms with Crippen molar-refractivity contribution in [1.29, 1.82) is 0 Å². The largest absolute Gasteiger partial charge is 0.545 e. The van der Waals surface area contributed by atoms with Crippen LogP contribution in [0.4, 0.5) is 18.9 Å². The summed E-state index contributed by atoms with van der Waals surface area (Å²) >= 11 is 5.67. The topological polar surface area (TPSA) is 91.1 Å². The molecule has 3 heterocycles. The van der Waals surface area contributed by atoms with Crippen molar-refractivity contribution in [3.8, 4) is 0 Å². The number of nitrogens with zero attached hydrogens (tertiary/aromatic N) is 2. The molecular formula is C41H48ClF3N2O6Si. The summed E-state index contributed by atoms with van der Waals surface area (Å²) in [5.74, 6) is -10.3. The number of aromatic carboxylic acids is 1. The first kappa shape index (κ1) is 24.0. The lowest BCUT2D eigenvalue weighted by atomic mass is 9.85. The molecule has 0 bridgehead atoms. The van der Waals surface area contributed by atoms with Gasteiger partial charge in [0.1, 0.15) is 44.5 Å². The summed E-state index contributed by atoms with van der Waals surface area (Å²) in [5, 5.41) is 12.7. The van der Waals surface area contributed by atoms with Gasteiger partial charge in [-0.25, -0.2) is 22.5 Å². The van der Waals surface area contributed by atoms with Crippen LogP contribution >= 0.6 is 11.6 Å². The number of rotatable bonds is 16. The summed E-state index contributed by atoms with van der Waals surface area (Å²) in [5.41, 5.74) is -6.91. The SMILES string of the molecule is [2H]C1([2H])N(c2ccc3c(c2)[Si](C)(C)C2=CC(=[N+]4C([2H])([2H])C([2H])([2H])C([2H])([2H])C4([2H])[2H])C=CC2=C3c2c(F)c(C(=O)OCCOCCOCCCCCCCl)c(F)c(F)c2C(=O)[O-])C([2H])([2H])C([2H])([2H])C1([2H])[2H]. The zero-order valence-corrected chi connectivity index (χ0v) is 31.1. The lowest BCUT2D eigenvalue weighted by molar-refractivity contribution is -0.504. The molecule has 1 aliphatic carbocycles. The summed E-state index contributed by atoms with van der Waals surface area (Å²) in [6.07, 6.45) is -7.51. The Morgan fingerprint density at radius 1 is 0.889 bits per heavy atom. The molecule has 3 aliphatic heterocycles. The summed E-state index contributed by atoms with van der Waals surface area (Å²) in [4.78, 5) is 26.5. The Morgan fingerprint density at radius 3 is 2.26 bits per heavy atom. The van der Waals surface area contributed by atoms with Crippen LogP contribution in [-0.4, -0.2) is 95.2 Å². The van der Waals surface area contributed by atoms with Gasteiger partial charge in [0.15, 0.2) is 17.3 Å². The predicted molar refractivity (Wildman–Crippen MR) is 204 cm³/mol. The smallest absolute Gasteiger partial charge is 0.344 e. The standard InChI is InChI=1S/C41H48ClF3N2O6Si/c1-54(2)31-25-27(46-16-6-7-17-46)11-13-29(31)33(30-14-12-28(26-32(30)54)47-18-8-9-19-47)34-35(40(48)49)38(44)39(45)36(37(34)43)41(50)53-24-23-52-22-21-51-20-10-4-3-5-15-42/h11-14,25-26H,3-10,15-24H2,1-2H3/i6D2,7D2,8D2,9D2,16D2,17D2,18D2,19D2. The Labute approximate surface area is 343 Å². The van der Waals surface area contributed by atoms with Gasteiger partial charge in [0.25, 0.3) is 0 Å². The average molecular weight is 801 g/mol. The number of benzene rings is 2. The number of halogens is 4. The Kier molecular flexibility index (Phi) is 7.94. The first-order valence-corrected chi connectivity index (χ1v) is 20.7. The van der Waals surface area contributed by atoms with Gasteiger partial charge >= 0.3 is 5.97 Å². The minimum Gasteiger partial charge on any atom is -0.545 e. The summed E-state index contributed by atoms with van der Waals surface area (Å²) < 4.78 is 202. The number of alkyl halides is 1. The first-order valence-electron chi connectivity index (χ1n) is 25.2. The first-order chi connectivity index (χ1) is 32.1. The molecule has 2 fully saturated rings. The van der Waals surface area contributed by atoms with Gasteiger partial charge in [0.05, 0.1) is 25.8 Å². The molecule has 290 valence electrons. The quantitative estimate of drug-likeness (QED) is 0.0509. The molecule has 2 aromatic carbocycles. The molecule has 2 saturated heterocycles. The molecule has 13 heteroatoms. The summed E-state index contributed by atoms with van der Waals surface area (Å²) in [7, 11) is -3.78. The molecule has 8 nitrogen and oxygen atoms in total. The van der Waals surface area contributed by atoms with Crippen LogP contribution in [0, 0.1) is 17.5 Å². The molecule has 0 aromatic heterocycles. The van der Waals surface area contributed by atoms with Crippen LogP contribution in [0.15, 0.2) is 47.2 Å². The number of carbonyl (C=O) groups is 2. The number of hydrogen-bond acceptors (Lipinski definition) is 7. The Balaban J connectivity index is 1.55. The Morgan fingerprint density at radius 2 is 1.56 bits per heavy atom. The molecule has 54 heavy (non-hydrogen) atoms. The van der Waals surface area contributed by atoms with Crippen LogP contribution in [0.5, 0.6) is 0 Å². The molecule has 2 aromatic rings. The number of carbonyl (C=O) groups excluding carboxylic acids is 2. The number of anilines is 1. The monoisotopic (exact) mass is 800 g/mol. The lowest BCUT2D eigenvalue weighted by Crippen LogP contribution is -2.50. The third-order valence-corrected chi connectivity index (χ3v) is 13.0. The Hall–Kier alpha value is -3.71. The van der Waals surface area contributed by atoms with E-state index in [-0.39, 0.29) is 50.8 Å². The van der Waals surface area contributed by atoms with Crippen LogP contribution in [0.3, 0.4) is 0 Å². The van der Waals surface area contributed by atoms with Gasteiger partial charge in [-0.3, -0.25) is 0 Å². The van der Waals surface area contributed by atoms with Crippen molar-refractivity contribution in [1.82, 2.24) is 0 Å². The van der Waals surface area contributed by atoms with Crippen molar-refractivity contribution in [3.63, 3.8) is 0 Å². The highest BCUT2D eigenvalue weighted by molar-refractivity contribution is 6.98. The number of hydrogen-bond donors (Lipinski definition) is 0. The fourth-order valence-electron chi connectivity index (χ4n) is 6.53. The number of fused-ring (bicyclic) bond motifs is 2. The third kappa shape index (κ3) is 8.27. The maximum absolute atomic E-state index is 17.4. The second-order valence-corrected chi connectivity index (χ2v) is 17.6. The molecule has 0 spiro atoms. The van der Waals surface area contributed by atoms with Gasteiger partial charge in [-0.1, -0.05) is 32.0 Å².